The Bertz CT molecular complexity index is 1640. The van der Waals surface area contributed by atoms with Crippen molar-refractivity contribution in [3.8, 4) is 16.2 Å². The number of nitrogens with zero attached hydrogens (tertiary/aromatic N) is 2. The van der Waals surface area contributed by atoms with Gasteiger partial charge in [0.2, 0.25) is 0 Å². The summed E-state index contributed by atoms with van der Waals surface area (Å²) in [6, 6.07) is 20.2. The van der Waals surface area contributed by atoms with Crippen LogP contribution in [0.1, 0.15) is 71.3 Å². The van der Waals surface area contributed by atoms with Gasteiger partial charge in [0, 0.05) is 45.5 Å². The molecular formula is C35H42N4O2SSi. The molecule has 2 aliphatic carbocycles. The molecule has 43 heavy (non-hydrogen) atoms. The Kier molecular flexibility index (Phi) is 7.88. The molecule has 0 radical (unpaired) electrons. The number of carbonyl (C=O) groups is 1. The van der Waals surface area contributed by atoms with Gasteiger partial charge >= 0.3 is 0 Å². The number of fused-ring (bicyclic) bond motifs is 1. The molecule has 2 aromatic carbocycles. The first-order valence-corrected chi connectivity index (χ1v) is 17.9. The van der Waals surface area contributed by atoms with Crippen LogP contribution in [0.25, 0.3) is 21.3 Å². The maximum atomic E-state index is 13.9. The number of likely N-dealkylation sites (tertiary alicyclic amines) is 1. The van der Waals surface area contributed by atoms with E-state index in [4.69, 9.17) is 9.72 Å². The van der Waals surface area contributed by atoms with E-state index in [1.165, 1.54) is 47.4 Å². The van der Waals surface area contributed by atoms with E-state index in [0.29, 0.717) is 17.6 Å². The Hall–Kier alpha value is -3.04. The van der Waals surface area contributed by atoms with Crippen molar-refractivity contribution in [2.45, 2.75) is 81.8 Å². The first kappa shape index (κ1) is 28.7. The van der Waals surface area contributed by atoms with Crippen molar-refractivity contribution >= 4 is 38.4 Å². The molecule has 4 aromatic rings. The molecule has 2 atom stereocenters. The first-order chi connectivity index (χ1) is 20.9. The van der Waals surface area contributed by atoms with Crippen LogP contribution in [0.5, 0.6) is 5.75 Å². The predicted molar refractivity (Wildman–Crippen MR) is 179 cm³/mol. The summed E-state index contributed by atoms with van der Waals surface area (Å²) in [7, 11) is 3.10. The van der Waals surface area contributed by atoms with Crippen LogP contribution in [0.4, 0.5) is 0 Å². The molecule has 224 valence electrons. The van der Waals surface area contributed by atoms with Gasteiger partial charge in [0.15, 0.2) is 0 Å². The third kappa shape index (κ3) is 5.90. The molecule has 1 amide bonds. The number of hydrogen-bond donors (Lipinski definition) is 2. The number of rotatable bonds is 10. The fraction of sp³-hybridized carbons (Fsp3) is 0.429. The molecule has 6 nitrogen and oxygen atoms in total. The highest BCUT2D eigenvalue weighted by atomic mass is 32.1. The minimum Gasteiger partial charge on any atom is -0.494 e. The van der Waals surface area contributed by atoms with Crippen LogP contribution < -0.4 is 15.4 Å². The highest BCUT2D eigenvalue weighted by Crippen LogP contribution is 2.49. The lowest BCUT2D eigenvalue weighted by Crippen LogP contribution is -2.53. The number of ether oxygens (including phenoxy) is 1. The molecule has 0 spiro atoms. The molecule has 2 saturated carbocycles. The van der Waals surface area contributed by atoms with Gasteiger partial charge in [-0.1, -0.05) is 25.0 Å². The number of amides is 1. The summed E-state index contributed by atoms with van der Waals surface area (Å²) >= 11 is 1.85. The second-order valence-electron chi connectivity index (χ2n) is 12.9. The Morgan fingerprint density at radius 1 is 1.14 bits per heavy atom. The summed E-state index contributed by atoms with van der Waals surface area (Å²) < 4.78 is 6.36. The second kappa shape index (κ2) is 11.8. The Balaban J connectivity index is 1.13. The van der Waals surface area contributed by atoms with Crippen LogP contribution in [-0.4, -0.2) is 57.4 Å². The lowest BCUT2D eigenvalue weighted by atomic mass is 9.95. The Labute approximate surface area is 261 Å². The zero-order valence-corrected chi connectivity index (χ0v) is 28.3. The molecule has 2 N–H and O–H groups in total. The number of nitrogens with one attached hydrogen (secondary N) is 2. The zero-order chi connectivity index (χ0) is 29.6. The molecule has 7 rings (SSSR count). The summed E-state index contributed by atoms with van der Waals surface area (Å²) in [4.78, 5) is 23.6. The van der Waals surface area contributed by atoms with E-state index in [1.54, 1.807) is 0 Å². The van der Waals surface area contributed by atoms with E-state index in [9.17, 15) is 4.79 Å². The van der Waals surface area contributed by atoms with Gasteiger partial charge in [0.05, 0.1) is 27.0 Å². The molecule has 8 heteroatoms. The van der Waals surface area contributed by atoms with E-state index in [1.807, 2.05) is 48.7 Å². The van der Waals surface area contributed by atoms with Crippen molar-refractivity contribution in [2.75, 3.05) is 13.6 Å². The maximum absolute atomic E-state index is 13.9. The molecule has 2 aromatic heterocycles. The summed E-state index contributed by atoms with van der Waals surface area (Å²) in [6.07, 6.45) is 10.1. The van der Waals surface area contributed by atoms with Crippen LogP contribution in [0, 0.1) is 6.92 Å². The molecule has 0 bridgehead atoms. The number of benzene rings is 2. The quantitative estimate of drug-likeness (QED) is 0.232. The molecule has 3 fully saturated rings. The molecule has 3 aliphatic rings. The van der Waals surface area contributed by atoms with E-state index < -0.39 is 5.54 Å². The monoisotopic (exact) mass is 610 g/mol. The normalized spacial score (nSPS) is 20.7. The smallest absolute Gasteiger partial charge is 0.252 e. The van der Waals surface area contributed by atoms with Crippen molar-refractivity contribution in [1.29, 1.82) is 0 Å². The summed E-state index contributed by atoms with van der Waals surface area (Å²) in [5.74, 6) is 0.749. The van der Waals surface area contributed by atoms with Crippen molar-refractivity contribution in [1.82, 2.24) is 20.5 Å². The molecule has 1 aliphatic heterocycles. The molecule has 3 heterocycles. The maximum Gasteiger partial charge on any atom is 0.252 e. The highest BCUT2D eigenvalue weighted by molar-refractivity contribution is 7.15. The Morgan fingerprint density at radius 3 is 2.72 bits per heavy atom. The second-order valence-corrected chi connectivity index (χ2v) is 15.2. The van der Waals surface area contributed by atoms with Gasteiger partial charge in [-0.25, -0.2) is 0 Å². The van der Waals surface area contributed by atoms with Crippen molar-refractivity contribution in [3.63, 3.8) is 0 Å². The summed E-state index contributed by atoms with van der Waals surface area (Å²) in [5.41, 5.74) is 4.78. The van der Waals surface area contributed by atoms with Gasteiger partial charge in [0.1, 0.15) is 5.75 Å². The third-order valence-electron chi connectivity index (χ3n) is 9.87. The van der Waals surface area contributed by atoms with Crippen molar-refractivity contribution in [3.05, 3.63) is 82.4 Å². The average molecular weight is 611 g/mol. The first-order valence-electron chi connectivity index (χ1n) is 15.9. The third-order valence-corrected chi connectivity index (χ3v) is 12.0. The van der Waals surface area contributed by atoms with Gasteiger partial charge in [-0.2, -0.15) is 0 Å². The number of thiophene rings is 1. The minimum absolute atomic E-state index is 0.0371. The van der Waals surface area contributed by atoms with Gasteiger partial charge in [0.25, 0.3) is 5.91 Å². The number of hydrogen-bond acceptors (Lipinski definition) is 6. The van der Waals surface area contributed by atoms with Gasteiger partial charge in [-0.3, -0.25) is 9.78 Å². The minimum atomic E-state index is -0.392. The average Bonchev–Trinajstić information content (AvgIpc) is 3.36. The van der Waals surface area contributed by atoms with E-state index in [2.05, 4.69) is 52.9 Å². The fourth-order valence-corrected chi connectivity index (χ4v) is 9.00. The summed E-state index contributed by atoms with van der Waals surface area (Å²) in [5, 5.41) is 8.33. The number of aromatic nitrogens is 1. The van der Waals surface area contributed by atoms with E-state index >= 15 is 0 Å². The van der Waals surface area contributed by atoms with E-state index in [-0.39, 0.29) is 11.6 Å². The highest BCUT2D eigenvalue weighted by Gasteiger charge is 2.47. The van der Waals surface area contributed by atoms with Crippen LogP contribution in [-0.2, 0) is 12.1 Å². The lowest BCUT2D eigenvalue weighted by Gasteiger charge is -2.41. The summed E-state index contributed by atoms with van der Waals surface area (Å²) in [6.45, 7) is 4.06. The van der Waals surface area contributed by atoms with Crippen LogP contribution >= 0.6 is 11.3 Å². The number of pyridine rings is 1. The molecule has 0 unspecified atom stereocenters. The SMILES string of the molecule is Cc1ccc(O[C@@H]([SiH3])[C@@H]2CCN2C)cc1C(=O)NC1(c2cc(-c3ccc(CNC4CCCC4)s3)cc3ncccc23)CC1. The van der Waals surface area contributed by atoms with Crippen molar-refractivity contribution < 1.29 is 9.53 Å². The topological polar surface area (TPSA) is 66.5 Å². The van der Waals surface area contributed by atoms with Gasteiger partial charge in [-0.05, 0) is 112 Å². The van der Waals surface area contributed by atoms with Crippen molar-refractivity contribution in [2.24, 2.45) is 0 Å². The number of likely N-dealkylation sites (N-methyl/N-ethyl adjacent to an activating group) is 1. The standard InChI is InChI=1S/C35H42N4O2SSi/c1-22-9-10-25(41-34(43)31-13-17-39(31)2)20-28(22)33(40)38-35(14-15-35)29-18-23(19-30-27(29)8-5-16-36-30)32-12-11-26(42-32)21-37-24-6-3-4-7-24/h5,8-12,16,18-20,24,31,34,37H,3-4,6-7,13-15,17,21H2,1-2,43H3,(H,38,40)/t31-,34-/m0/s1. The molecule has 1 saturated heterocycles. The van der Waals surface area contributed by atoms with E-state index in [0.717, 1.165) is 64.0 Å². The number of aryl methyl sites for hydroxylation is 1. The Morgan fingerprint density at radius 2 is 1.98 bits per heavy atom. The zero-order valence-electron chi connectivity index (χ0n) is 25.5. The van der Waals surface area contributed by atoms with Gasteiger partial charge in [-0.15, -0.1) is 11.3 Å². The lowest BCUT2D eigenvalue weighted by molar-refractivity contribution is 0.0562. The fourth-order valence-electron chi connectivity index (χ4n) is 6.94. The van der Waals surface area contributed by atoms with Gasteiger partial charge < -0.3 is 20.3 Å². The number of carbonyl (C=O) groups excluding carboxylic acids is 1. The van der Waals surface area contributed by atoms with Crippen LogP contribution in [0.3, 0.4) is 0 Å². The van der Waals surface area contributed by atoms with Crippen LogP contribution in [0.2, 0.25) is 0 Å². The van der Waals surface area contributed by atoms with Crippen LogP contribution in [0.15, 0.2) is 60.8 Å². The largest absolute Gasteiger partial charge is 0.494 e. The molecular weight excluding hydrogens is 569 g/mol. The predicted octanol–water partition coefficient (Wildman–Crippen LogP) is 5.50.